The Morgan fingerprint density at radius 3 is 2.47 bits per heavy atom. The molecular formula is C27H33N3O4. The molecular weight excluding hydrogens is 430 g/mol. The number of methoxy groups -OCH3 is 1. The second-order valence-electron chi connectivity index (χ2n) is 8.80. The molecule has 1 atom stereocenters. The van der Waals surface area contributed by atoms with Crippen molar-refractivity contribution in [3.05, 3.63) is 77.0 Å². The monoisotopic (exact) mass is 463 g/mol. The number of urea groups is 1. The zero-order chi connectivity index (χ0) is 23.9. The smallest absolute Gasteiger partial charge is 0.338 e. The number of ether oxygens (including phenoxy) is 2. The van der Waals surface area contributed by atoms with Crippen LogP contribution >= 0.6 is 0 Å². The van der Waals surface area contributed by atoms with E-state index in [0.717, 1.165) is 37.9 Å². The van der Waals surface area contributed by atoms with Gasteiger partial charge in [0.15, 0.2) is 0 Å². The highest BCUT2D eigenvalue weighted by molar-refractivity contribution is 5.95. The van der Waals surface area contributed by atoms with Crippen molar-refractivity contribution in [2.45, 2.75) is 32.2 Å². The highest BCUT2D eigenvalue weighted by Gasteiger charge is 2.36. The van der Waals surface area contributed by atoms with Crippen LogP contribution in [-0.4, -0.2) is 50.3 Å². The van der Waals surface area contributed by atoms with Gasteiger partial charge >= 0.3 is 12.0 Å². The summed E-state index contributed by atoms with van der Waals surface area (Å²) in [5.41, 5.74) is 3.12. The van der Waals surface area contributed by atoms with Gasteiger partial charge in [-0.25, -0.2) is 9.59 Å². The summed E-state index contributed by atoms with van der Waals surface area (Å²) in [6, 6.07) is 17.1. The van der Waals surface area contributed by atoms with Crippen molar-refractivity contribution in [3.63, 3.8) is 0 Å². The number of carbonyl (C=O) groups excluding carboxylic acids is 2. The fourth-order valence-electron chi connectivity index (χ4n) is 4.85. The van der Waals surface area contributed by atoms with E-state index in [9.17, 15) is 9.59 Å². The van der Waals surface area contributed by atoms with E-state index in [1.165, 1.54) is 12.7 Å². The summed E-state index contributed by atoms with van der Waals surface area (Å²) in [6.45, 7) is 4.71. The molecule has 34 heavy (non-hydrogen) atoms. The molecule has 7 heteroatoms. The molecule has 7 nitrogen and oxygen atoms in total. The average molecular weight is 464 g/mol. The lowest BCUT2D eigenvalue weighted by atomic mass is 9.89. The summed E-state index contributed by atoms with van der Waals surface area (Å²) in [5.74, 6) is 0.818. The molecule has 0 bridgehead atoms. The number of esters is 1. The third-order valence-electron chi connectivity index (χ3n) is 6.54. The number of hydrogen-bond donors (Lipinski definition) is 2. The van der Waals surface area contributed by atoms with Crippen LogP contribution in [0.25, 0.3) is 0 Å². The van der Waals surface area contributed by atoms with Crippen molar-refractivity contribution in [3.8, 4) is 5.75 Å². The lowest BCUT2D eigenvalue weighted by Crippen LogP contribution is -2.49. The van der Waals surface area contributed by atoms with Crippen molar-refractivity contribution in [1.29, 1.82) is 0 Å². The van der Waals surface area contributed by atoms with Gasteiger partial charge in [0.2, 0.25) is 0 Å². The van der Waals surface area contributed by atoms with E-state index >= 15 is 0 Å². The highest BCUT2D eigenvalue weighted by Crippen LogP contribution is 2.34. The maximum atomic E-state index is 12.9. The first-order valence-electron chi connectivity index (χ1n) is 12.0. The van der Waals surface area contributed by atoms with Crippen LogP contribution in [-0.2, 0) is 16.0 Å². The summed E-state index contributed by atoms with van der Waals surface area (Å²) in [5, 5.41) is 5.77. The van der Waals surface area contributed by atoms with Crippen LogP contribution in [0.15, 0.2) is 65.9 Å². The first-order valence-corrected chi connectivity index (χ1v) is 12.0. The van der Waals surface area contributed by atoms with Crippen LogP contribution in [0, 0.1) is 5.92 Å². The van der Waals surface area contributed by atoms with Gasteiger partial charge in [-0.3, -0.25) is 4.90 Å². The van der Waals surface area contributed by atoms with E-state index < -0.39 is 12.0 Å². The van der Waals surface area contributed by atoms with Crippen molar-refractivity contribution in [1.82, 2.24) is 15.5 Å². The molecule has 0 saturated carbocycles. The van der Waals surface area contributed by atoms with E-state index in [0.29, 0.717) is 36.1 Å². The van der Waals surface area contributed by atoms with Crippen LogP contribution in [0.3, 0.4) is 0 Å². The van der Waals surface area contributed by atoms with Gasteiger partial charge in [-0.05, 0) is 56.8 Å². The van der Waals surface area contributed by atoms with Crippen LogP contribution in [0.5, 0.6) is 5.75 Å². The Hall–Kier alpha value is -3.32. The van der Waals surface area contributed by atoms with Gasteiger partial charge in [0.1, 0.15) is 5.75 Å². The summed E-state index contributed by atoms with van der Waals surface area (Å²) < 4.78 is 10.9. The molecule has 1 saturated heterocycles. The molecule has 0 aromatic heterocycles. The second kappa shape index (κ2) is 11.2. The number of piperidine rings is 1. The van der Waals surface area contributed by atoms with Gasteiger partial charge in [-0.1, -0.05) is 48.5 Å². The summed E-state index contributed by atoms with van der Waals surface area (Å²) in [6.07, 6.45) is 3.25. The SMILES string of the molecule is CCOc1ccccc1[C@@H]1NC(=O)NC(CN2CCC(Cc3ccccc3)CC2)=C1C(=O)OC. The van der Waals surface area contributed by atoms with Crippen LogP contribution in [0.2, 0.25) is 0 Å². The van der Waals surface area contributed by atoms with Gasteiger partial charge in [0.25, 0.3) is 0 Å². The fourth-order valence-corrected chi connectivity index (χ4v) is 4.85. The number of carbonyl (C=O) groups is 2. The van der Waals surface area contributed by atoms with E-state index in [4.69, 9.17) is 9.47 Å². The maximum Gasteiger partial charge on any atom is 0.338 e. The van der Waals surface area contributed by atoms with E-state index in [-0.39, 0.29) is 6.03 Å². The molecule has 0 unspecified atom stereocenters. The molecule has 0 aliphatic carbocycles. The number of likely N-dealkylation sites (tertiary alicyclic amines) is 1. The zero-order valence-electron chi connectivity index (χ0n) is 19.9. The van der Waals surface area contributed by atoms with Crippen LogP contribution in [0.1, 0.15) is 36.9 Å². The quantitative estimate of drug-likeness (QED) is 0.582. The minimum atomic E-state index is -0.644. The summed E-state index contributed by atoms with van der Waals surface area (Å²) in [7, 11) is 1.37. The molecule has 2 aromatic rings. The number of nitrogens with one attached hydrogen (secondary N) is 2. The number of rotatable bonds is 8. The number of hydrogen-bond acceptors (Lipinski definition) is 5. The van der Waals surface area contributed by atoms with Crippen molar-refractivity contribution in [2.24, 2.45) is 5.92 Å². The van der Waals surface area contributed by atoms with Gasteiger partial charge in [0.05, 0.1) is 25.3 Å². The molecule has 2 amide bonds. The Kier molecular flexibility index (Phi) is 7.85. The largest absolute Gasteiger partial charge is 0.494 e. The van der Waals surface area contributed by atoms with Crippen LogP contribution in [0.4, 0.5) is 4.79 Å². The lowest BCUT2D eigenvalue weighted by Gasteiger charge is -2.35. The van der Waals surface area contributed by atoms with Crippen molar-refractivity contribution >= 4 is 12.0 Å². The number of amides is 2. The number of benzene rings is 2. The molecule has 2 aromatic carbocycles. The predicted octanol–water partition coefficient (Wildman–Crippen LogP) is 3.82. The minimum Gasteiger partial charge on any atom is -0.494 e. The van der Waals surface area contributed by atoms with Crippen molar-refractivity contribution < 1.29 is 19.1 Å². The summed E-state index contributed by atoms with van der Waals surface area (Å²) >= 11 is 0. The Morgan fingerprint density at radius 1 is 1.06 bits per heavy atom. The third kappa shape index (κ3) is 5.59. The Bertz CT molecular complexity index is 1030. The minimum absolute atomic E-state index is 0.335. The van der Waals surface area contributed by atoms with Gasteiger partial charge in [-0.15, -0.1) is 0 Å². The molecule has 2 aliphatic heterocycles. The number of para-hydroxylation sites is 1. The molecule has 2 heterocycles. The molecule has 180 valence electrons. The van der Waals surface area contributed by atoms with E-state index in [1.54, 1.807) is 0 Å². The fraction of sp³-hybridized carbons (Fsp3) is 0.407. The van der Waals surface area contributed by atoms with Gasteiger partial charge in [-0.2, -0.15) is 0 Å². The molecule has 0 radical (unpaired) electrons. The Balaban J connectivity index is 1.53. The third-order valence-corrected chi connectivity index (χ3v) is 6.54. The van der Waals surface area contributed by atoms with E-state index in [2.05, 4.69) is 39.8 Å². The maximum absolute atomic E-state index is 12.9. The number of nitrogens with zero attached hydrogens (tertiary/aromatic N) is 1. The predicted molar refractivity (Wildman–Crippen MR) is 130 cm³/mol. The van der Waals surface area contributed by atoms with Gasteiger partial charge in [0, 0.05) is 17.8 Å². The van der Waals surface area contributed by atoms with Crippen LogP contribution < -0.4 is 15.4 Å². The molecule has 4 rings (SSSR count). The lowest BCUT2D eigenvalue weighted by molar-refractivity contribution is -0.136. The van der Waals surface area contributed by atoms with Gasteiger partial charge < -0.3 is 20.1 Å². The zero-order valence-corrected chi connectivity index (χ0v) is 19.9. The molecule has 0 spiro atoms. The second-order valence-corrected chi connectivity index (χ2v) is 8.80. The molecule has 2 aliphatic rings. The highest BCUT2D eigenvalue weighted by atomic mass is 16.5. The topological polar surface area (TPSA) is 79.9 Å². The Morgan fingerprint density at radius 2 is 1.76 bits per heavy atom. The summed E-state index contributed by atoms with van der Waals surface area (Å²) in [4.78, 5) is 27.8. The molecule has 1 fully saturated rings. The standard InChI is InChI=1S/C27H33N3O4/c1-3-34-23-12-8-7-11-21(23)25-24(26(31)33-2)22(28-27(32)29-25)18-30-15-13-20(14-16-30)17-19-9-5-4-6-10-19/h4-12,20,25H,3,13-18H2,1-2H3,(H2,28,29,32)/t25-/m0/s1. The normalized spacial score (nSPS) is 19.4. The Labute approximate surface area is 201 Å². The molecule has 2 N–H and O–H groups in total. The van der Waals surface area contributed by atoms with Crippen molar-refractivity contribution in [2.75, 3.05) is 33.4 Å². The van der Waals surface area contributed by atoms with E-state index in [1.807, 2.05) is 37.3 Å². The first kappa shape index (κ1) is 23.8. The first-order chi connectivity index (χ1) is 16.6. The average Bonchev–Trinajstić information content (AvgIpc) is 2.86.